The highest BCUT2D eigenvalue weighted by molar-refractivity contribution is 5.97. The van der Waals surface area contributed by atoms with Crippen molar-refractivity contribution in [1.29, 1.82) is 0 Å². The van der Waals surface area contributed by atoms with Gasteiger partial charge < -0.3 is 24.8 Å². The van der Waals surface area contributed by atoms with Gasteiger partial charge in [0.2, 0.25) is 5.91 Å². The molecule has 1 aromatic heterocycles. The number of nitrogens with zero attached hydrogens (tertiary/aromatic N) is 3. The smallest absolute Gasteiger partial charge is 0.257 e. The molecule has 3 aromatic rings. The van der Waals surface area contributed by atoms with Crippen molar-refractivity contribution in [2.45, 2.75) is 45.2 Å². The first-order chi connectivity index (χ1) is 17.6. The van der Waals surface area contributed by atoms with Crippen LogP contribution in [0.5, 0.6) is 5.75 Å². The molecule has 1 aliphatic carbocycles. The average Bonchev–Trinajstić information content (AvgIpc) is 3.37. The normalized spacial score (nSPS) is 15.4. The number of rotatable bonds is 6. The number of hydrogen-bond acceptors (Lipinski definition) is 5. The third kappa shape index (κ3) is 6.60. The molecule has 2 N–H and O–H groups in total. The Bertz CT molecular complexity index is 1210. The number of carbonyl (C=O) groups is 2. The number of aromatic amines is 1. The van der Waals surface area contributed by atoms with Gasteiger partial charge in [-0.05, 0) is 42.7 Å². The van der Waals surface area contributed by atoms with E-state index in [1.54, 1.807) is 19.5 Å². The second kappa shape index (κ2) is 13.5. The number of halogens is 2. The number of hydrogen-bond donors (Lipinski definition) is 2. The molecule has 2 aliphatic rings. The molecule has 0 spiro atoms. The first kappa shape index (κ1) is 29.3. The van der Waals surface area contributed by atoms with Gasteiger partial charge in [-0.1, -0.05) is 37.5 Å². The lowest BCUT2D eigenvalue weighted by molar-refractivity contribution is -0.120. The van der Waals surface area contributed by atoms with E-state index in [2.05, 4.69) is 20.2 Å². The van der Waals surface area contributed by atoms with E-state index in [0.29, 0.717) is 37.5 Å². The minimum absolute atomic E-state index is 0. The van der Waals surface area contributed by atoms with Crippen molar-refractivity contribution in [2.24, 2.45) is 5.92 Å². The lowest BCUT2D eigenvalue weighted by atomic mass is 9.88. The van der Waals surface area contributed by atoms with Crippen LogP contribution >= 0.6 is 24.8 Å². The fourth-order valence-corrected chi connectivity index (χ4v) is 5.23. The van der Waals surface area contributed by atoms with E-state index in [9.17, 15) is 9.59 Å². The Hall–Kier alpha value is -3.23. The van der Waals surface area contributed by atoms with Gasteiger partial charge in [0.25, 0.3) is 5.91 Å². The Morgan fingerprint density at radius 1 is 1.08 bits per heavy atom. The molecule has 2 heterocycles. The highest BCUT2D eigenvalue weighted by atomic mass is 35.5. The maximum atomic E-state index is 13.5. The van der Waals surface area contributed by atoms with Gasteiger partial charge in [0.05, 0.1) is 31.2 Å². The highest BCUT2D eigenvalue weighted by Crippen LogP contribution is 2.32. The largest absolute Gasteiger partial charge is 0.496 e. The minimum Gasteiger partial charge on any atom is -0.496 e. The fraction of sp³-hybridized carbons (Fsp3) is 0.393. The zero-order valence-electron chi connectivity index (χ0n) is 21.5. The van der Waals surface area contributed by atoms with Crippen LogP contribution in [0.15, 0.2) is 55.0 Å². The van der Waals surface area contributed by atoms with Crippen molar-refractivity contribution in [2.75, 3.05) is 30.4 Å². The number of carbonyl (C=O) groups excluding carboxylic acids is 2. The van der Waals surface area contributed by atoms with Crippen molar-refractivity contribution >= 4 is 48.0 Å². The van der Waals surface area contributed by atoms with Crippen LogP contribution in [-0.4, -0.2) is 46.9 Å². The first-order valence-electron chi connectivity index (χ1n) is 12.7. The standard InChI is InChI=1S/C28H33N5O3.2ClH/c1-36-26-10-6-5-9-24(26)28(35)33-14-13-32(18-23-16-29-19-30-23)25-15-22(12-11-21(25)17-33)31-27(34)20-7-3-2-4-8-20;;/h5-6,9-12,15-16,19-20H,2-4,7-8,13-14,17-18H2,1H3,(H,29,30)(H,31,34);2*1H. The van der Waals surface area contributed by atoms with Gasteiger partial charge >= 0.3 is 0 Å². The molecule has 0 atom stereocenters. The summed E-state index contributed by atoms with van der Waals surface area (Å²) in [7, 11) is 1.58. The summed E-state index contributed by atoms with van der Waals surface area (Å²) in [5.41, 5.74) is 4.39. The molecule has 0 radical (unpaired) electrons. The van der Waals surface area contributed by atoms with Crippen molar-refractivity contribution in [3.8, 4) is 5.75 Å². The lowest BCUT2D eigenvalue weighted by Gasteiger charge is -2.25. The van der Waals surface area contributed by atoms with E-state index in [1.807, 2.05) is 47.5 Å². The van der Waals surface area contributed by atoms with E-state index in [-0.39, 0.29) is 42.5 Å². The van der Waals surface area contributed by atoms with Gasteiger partial charge in [-0.15, -0.1) is 24.8 Å². The summed E-state index contributed by atoms with van der Waals surface area (Å²) in [6.45, 7) is 2.31. The van der Waals surface area contributed by atoms with Crippen LogP contribution < -0.4 is 15.0 Å². The Balaban J connectivity index is 0.00000200. The number of fused-ring (bicyclic) bond motifs is 1. The lowest BCUT2D eigenvalue weighted by Crippen LogP contribution is -2.35. The van der Waals surface area contributed by atoms with Crippen molar-refractivity contribution < 1.29 is 14.3 Å². The Kier molecular flexibility index (Phi) is 10.4. The number of anilines is 2. The molecule has 1 saturated carbocycles. The van der Waals surface area contributed by atoms with Gasteiger partial charge in [-0.3, -0.25) is 9.59 Å². The molecule has 2 amide bonds. The number of ether oxygens (including phenoxy) is 1. The van der Waals surface area contributed by atoms with E-state index in [0.717, 1.165) is 48.3 Å². The molecule has 8 nitrogen and oxygen atoms in total. The summed E-state index contributed by atoms with van der Waals surface area (Å²) in [5.74, 6) is 0.711. The maximum absolute atomic E-state index is 13.5. The number of nitrogens with one attached hydrogen (secondary N) is 2. The van der Waals surface area contributed by atoms with Gasteiger partial charge in [-0.25, -0.2) is 4.98 Å². The highest BCUT2D eigenvalue weighted by Gasteiger charge is 2.27. The minimum atomic E-state index is -0.0588. The number of imidazole rings is 1. The van der Waals surface area contributed by atoms with E-state index >= 15 is 0 Å². The van der Waals surface area contributed by atoms with Crippen LogP contribution in [-0.2, 0) is 17.9 Å². The third-order valence-corrected chi connectivity index (χ3v) is 7.21. The first-order valence-corrected chi connectivity index (χ1v) is 12.7. The van der Waals surface area contributed by atoms with Crippen LogP contribution in [0.4, 0.5) is 11.4 Å². The predicted octanol–water partition coefficient (Wildman–Crippen LogP) is 5.44. The Morgan fingerprint density at radius 3 is 2.61 bits per heavy atom. The molecule has 2 aromatic carbocycles. The SMILES string of the molecule is COc1ccccc1C(=O)N1CCN(Cc2cnc[nH]2)c2cc(NC(=O)C3CCCCC3)ccc2C1.Cl.Cl. The molecular weight excluding hydrogens is 525 g/mol. The third-order valence-electron chi connectivity index (χ3n) is 7.21. The molecule has 5 rings (SSSR count). The van der Waals surface area contributed by atoms with E-state index in [1.165, 1.54) is 6.42 Å². The van der Waals surface area contributed by atoms with Crippen molar-refractivity contribution in [3.63, 3.8) is 0 Å². The molecule has 0 unspecified atom stereocenters. The molecule has 204 valence electrons. The van der Waals surface area contributed by atoms with Gasteiger partial charge in [0.15, 0.2) is 0 Å². The number of methoxy groups -OCH3 is 1. The Morgan fingerprint density at radius 2 is 1.87 bits per heavy atom. The summed E-state index contributed by atoms with van der Waals surface area (Å²) in [6, 6.07) is 13.4. The topological polar surface area (TPSA) is 90.6 Å². The quantitative estimate of drug-likeness (QED) is 0.419. The van der Waals surface area contributed by atoms with Crippen LogP contribution in [0, 0.1) is 5.92 Å². The molecule has 1 fully saturated rings. The zero-order valence-corrected chi connectivity index (χ0v) is 23.2. The second-order valence-corrected chi connectivity index (χ2v) is 9.59. The monoisotopic (exact) mass is 559 g/mol. The predicted molar refractivity (Wildman–Crippen MR) is 154 cm³/mol. The number of aromatic nitrogens is 2. The molecule has 10 heteroatoms. The van der Waals surface area contributed by atoms with Gasteiger partial charge in [0.1, 0.15) is 5.75 Å². The molecular formula is C28H35Cl2N5O3. The molecule has 0 bridgehead atoms. The van der Waals surface area contributed by atoms with Crippen LogP contribution in [0.25, 0.3) is 0 Å². The summed E-state index contributed by atoms with van der Waals surface area (Å²) in [4.78, 5) is 37.9. The Labute approximate surface area is 236 Å². The van der Waals surface area contributed by atoms with Crippen LogP contribution in [0.3, 0.4) is 0 Å². The number of benzene rings is 2. The van der Waals surface area contributed by atoms with E-state index < -0.39 is 0 Å². The summed E-state index contributed by atoms with van der Waals surface area (Å²) in [5, 5.41) is 3.15. The molecule has 1 aliphatic heterocycles. The summed E-state index contributed by atoms with van der Waals surface area (Å²) >= 11 is 0. The average molecular weight is 561 g/mol. The molecule has 38 heavy (non-hydrogen) atoms. The van der Waals surface area contributed by atoms with Gasteiger partial charge in [-0.2, -0.15) is 0 Å². The fourth-order valence-electron chi connectivity index (χ4n) is 5.23. The number of H-pyrrole nitrogens is 1. The van der Waals surface area contributed by atoms with Crippen molar-refractivity contribution in [3.05, 3.63) is 71.8 Å². The van der Waals surface area contributed by atoms with Crippen LogP contribution in [0.2, 0.25) is 0 Å². The van der Waals surface area contributed by atoms with Crippen LogP contribution in [0.1, 0.15) is 53.7 Å². The second-order valence-electron chi connectivity index (χ2n) is 9.59. The maximum Gasteiger partial charge on any atom is 0.257 e. The number of amides is 2. The summed E-state index contributed by atoms with van der Waals surface area (Å²) in [6.07, 6.45) is 8.87. The zero-order chi connectivity index (χ0) is 24.9. The molecule has 0 saturated heterocycles. The summed E-state index contributed by atoms with van der Waals surface area (Å²) < 4.78 is 5.44. The van der Waals surface area contributed by atoms with Gasteiger partial charge in [0, 0.05) is 43.1 Å². The van der Waals surface area contributed by atoms with Crippen molar-refractivity contribution in [1.82, 2.24) is 14.9 Å². The number of para-hydroxylation sites is 1. The van der Waals surface area contributed by atoms with E-state index in [4.69, 9.17) is 4.74 Å².